The second-order valence-corrected chi connectivity index (χ2v) is 4.82. The monoisotopic (exact) mass is 285 g/mol. The summed E-state index contributed by atoms with van der Waals surface area (Å²) in [5.74, 6) is 0.419. The number of hydrogen-bond acceptors (Lipinski definition) is 4. The molecule has 0 amide bonds. The Kier molecular flexibility index (Phi) is 5.21. The van der Waals surface area contributed by atoms with Crippen molar-refractivity contribution < 1.29 is 14.3 Å². The van der Waals surface area contributed by atoms with Crippen LogP contribution in [0.5, 0.6) is 5.75 Å². The van der Waals surface area contributed by atoms with Gasteiger partial charge in [0.1, 0.15) is 12.4 Å². The largest absolute Gasteiger partial charge is 0.493 e. The highest BCUT2D eigenvalue weighted by molar-refractivity contribution is 5.69. The number of hydrogen-bond donors (Lipinski definition) is 1. The predicted molar refractivity (Wildman–Crippen MR) is 81.9 cm³/mol. The van der Waals surface area contributed by atoms with E-state index in [-0.39, 0.29) is 19.0 Å². The van der Waals surface area contributed by atoms with Gasteiger partial charge in [-0.15, -0.1) is 0 Å². The summed E-state index contributed by atoms with van der Waals surface area (Å²) >= 11 is 0. The van der Waals surface area contributed by atoms with Gasteiger partial charge >= 0.3 is 5.97 Å². The molecule has 0 unspecified atom stereocenters. The number of anilines is 1. The number of esters is 1. The first-order valence-electron chi connectivity index (χ1n) is 6.83. The lowest BCUT2D eigenvalue weighted by Crippen LogP contribution is -2.10. The lowest BCUT2D eigenvalue weighted by atomic mass is 10.1. The van der Waals surface area contributed by atoms with E-state index >= 15 is 0 Å². The minimum Gasteiger partial charge on any atom is -0.493 e. The molecule has 2 rings (SSSR count). The van der Waals surface area contributed by atoms with E-state index in [1.807, 2.05) is 31.2 Å². The summed E-state index contributed by atoms with van der Waals surface area (Å²) in [6.45, 7) is 2.59. The van der Waals surface area contributed by atoms with Crippen molar-refractivity contribution >= 4 is 11.7 Å². The van der Waals surface area contributed by atoms with Crippen LogP contribution >= 0.6 is 0 Å². The van der Waals surface area contributed by atoms with Crippen molar-refractivity contribution in [1.82, 2.24) is 0 Å². The summed E-state index contributed by atoms with van der Waals surface area (Å²) in [6, 6.07) is 14.9. The molecular formula is C17H19NO3. The molecule has 0 atom stereocenters. The van der Waals surface area contributed by atoms with E-state index in [0.717, 1.165) is 11.1 Å². The van der Waals surface area contributed by atoms with Crippen molar-refractivity contribution in [2.75, 3.05) is 12.3 Å². The fourth-order valence-electron chi connectivity index (χ4n) is 1.85. The minimum absolute atomic E-state index is 0.218. The Balaban J connectivity index is 1.69. The van der Waals surface area contributed by atoms with E-state index in [1.165, 1.54) is 0 Å². The fraction of sp³-hybridized carbons (Fsp3) is 0.235. The van der Waals surface area contributed by atoms with E-state index in [1.54, 1.807) is 24.3 Å². The molecule has 0 heterocycles. The molecule has 21 heavy (non-hydrogen) atoms. The number of benzene rings is 2. The van der Waals surface area contributed by atoms with Crippen LogP contribution in [0.2, 0.25) is 0 Å². The predicted octanol–water partition coefficient (Wildman–Crippen LogP) is 3.09. The first kappa shape index (κ1) is 14.9. The molecule has 0 aliphatic carbocycles. The summed E-state index contributed by atoms with van der Waals surface area (Å²) in [5.41, 5.74) is 8.40. The molecule has 2 aromatic carbocycles. The van der Waals surface area contributed by atoms with Gasteiger partial charge in [-0.2, -0.15) is 0 Å². The smallest absolute Gasteiger partial charge is 0.309 e. The Hall–Kier alpha value is -2.49. The molecule has 0 aliphatic heterocycles. The highest BCUT2D eigenvalue weighted by atomic mass is 16.5. The average Bonchev–Trinajstić information content (AvgIpc) is 2.47. The summed E-state index contributed by atoms with van der Waals surface area (Å²) in [4.78, 5) is 11.6. The van der Waals surface area contributed by atoms with Gasteiger partial charge in [-0.25, -0.2) is 0 Å². The first-order chi connectivity index (χ1) is 10.1. The molecule has 2 N–H and O–H groups in total. The van der Waals surface area contributed by atoms with E-state index in [0.29, 0.717) is 18.0 Å². The summed E-state index contributed by atoms with van der Waals surface area (Å²) in [7, 11) is 0. The van der Waals surface area contributed by atoms with Crippen LogP contribution in [0.1, 0.15) is 17.5 Å². The van der Waals surface area contributed by atoms with Gasteiger partial charge in [0.15, 0.2) is 0 Å². The van der Waals surface area contributed by atoms with Crippen LogP contribution in [0, 0.1) is 6.92 Å². The highest BCUT2D eigenvalue weighted by Gasteiger charge is 2.04. The molecule has 0 aliphatic rings. The maximum Gasteiger partial charge on any atom is 0.309 e. The zero-order valence-electron chi connectivity index (χ0n) is 12.0. The van der Waals surface area contributed by atoms with Crippen LogP contribution in [-0.4, -0.2) is 12.6 Å². The fourth-order valence-corrected chi connectivity index (χ4v) is 1.85. The Morgan fingerprint density at radius 1 is 1.14 bits per heavy atom. The molecule has 4 nitrogen and oxygen atoms in total. The lowest BCUT2D eigenvalue weighted by molar-refractivity contribution is -0.145. The van der Waals surface area contributed by atoms with Crippen LogP contribution in [0.3, 0.4) is 0 Å². The van der Waals surface area contributed by atoms with Gasteiger partial charge in [0.05, 0.1) is 13.0 Å². The summed E-state index contributed by atoms with van der Waals surface area (Å²) < 4.78 is 10.6. The van der Waals surface area contributed by atoms with E-state index in [9.17, 15) is 4.79 Å². The zero-order chi connectivity index (χ0) is 15.1. The molecule has 2 aromatic rings. The van der Waals surface area contributed by atoms with Crippen molar-refractivity contribution in [3.05, 3.63) is 59.7 Å². The average molecular weight is 285 g/mol. The quantitative estimate of drug-likeness (QED) is 0.654. The number of nitrogens with two attached hydrogens (primary N) is 1. The number of nitrogen functional groups attached to an aromatic ring is 1. The number of rotatable bonds is 6. The molecule has 0 saturated heterocycles. The maximum atomic E-state index is 11.6. The number of carbonyl (C=O) groups is 1. The van der Waals surface area contributed by atoms with Gasteiger partial charge in [-0.1, -0.05) is 29.8 Å². The molecule has 110 valence electrons. The normalized spacial score (nSPS) is 10.1. The standard InChI is InChI=1S/C17H19NO3/c1-13-3-2-4-14(11-13)12-21-17(19)9-10-20-16-7-5-15(18)6-8-16/h2-8,11H,9-10,12,18H2,1H3. The van der Waals surface area contributed by atoms with Gasteiger partial charge in [-0.05, 0) is 36.8 Å². The van der Waals surface area contributed by atoms with Crippen LogP contribution in [-0.2, 0) is 16.1 Å². The molecule has 4 heteroatoms. The van der Waals surface area contributed by atoms with Crippen LogP contribution in [0.4, 0.5) is 5.69 Å². The number of carbonyl (C=O) groups excluding carboxylic acids is 1. The molecule has 0 spiro atoms. The Labute approximate surface area is 124 Å². The van der Waals surface area contributed by atoms with E-state index in [2.05, 4.69) is 0 Å². The second-order valence-electron chi connectivity index (χ2n) is 4.82. The third kappa shape index (κ3) is 5.18. The highest BCUT2D eigenvalue weighted by Crippen LogP contribution is 2.13. The van der Waals surface area contributed by atoms with Gasteiger partial charge in [0.2, 0.25) is 0 Å². The van der Waals surface area contributed by atoms with Crippen LogP contribution in [0.15, 0.2) is 48.5 Å². The van der Waals surface area contributed by atoms with Crippen molar-refractivity contribution in [2.24, 2.45) is 0 Å². The molecule has 0 fully saturated rings. The Bertz CT molecular complexity index is 593. The summed E-state index contributed by atoms with van der Waals surface area (Å²) in [5, 5.41) is 0. The van der Waals surface area contributed by atoms with E-state index < -0.39 is 0 Å². The van der Waals surface area contributed by atoms with Gasteiger partial charge in [0, 0.05) is 5.69 Å². The topological polar surface area (TPSA) is 61.5 Å². The number of ether oxygens (including phenoxy) is 2. The molecule has 0 aromatic heterocycles. The molecule has 0 radical (unpaired) electrons. The SMILES string of the molecule is Cc1cccc(COC(=O)CCOc2ccc(N)cc2)c1. The van der Waals surface area contributed by atoms with Crippen molar-refractivity contribution in [2.45, 2.75) is 20.0 Å². The summed E-state index contributed by atoms with van der Waals surface area (Å²) in [6.07, 6.45) is 0.218. The molecule has 0 saturated carbocycles. The molecular weight excluding hydrogens is 266 g/mol. The van der Waals surface area contributed by atoms with Gasteiger partial charge < -0.3 is 15.2 Å². The Morgan fingerprint density at radius 3 is 2.62 bits per heavy atom. The lowest BCUT2D eigenvalue weighted by Gasteiger charge is -2.07. The van der Waals surface area contributed by atoms with Crippen molar-refractivity contribution in [3.8, 4) is 5.75 Å². The molecule has 0 bridgehead atoms. The third-order valence-electron chi connectivity index (χ3n) is 2.94. The second kappa shape index (κ2) is 7.33. The Morgan fingerprint density at radius 2 is 1.90 bits per heavy atom. The maximum absolute atomic E-state index is 11.6. The van der Waals surface area contributed by atoms with Crippen molar-refractivity contribution in [3.63, 3.8) is 0 Å². The van der Waals surface area contributed by atoms with Gasteiger partial charge in [0.25, 0.3) is 0 Å². The van der Waals surface area contributed by atoms with Crippen LogP contribution in [0.25, 0.3) is 0 Å². The number of aryl methyl sites for hydroxylation is 1. The zero-order valence-corrected chi connectivity index (χ0v) is 12.0. The van der Waals surface area contributed by atoms with Gasteiger partial charge in [-0.3, -0.25) is 4.79 Å². The first-order valence-corrected chi connectivity index (χ1v) is 6.83. The van der Waals surface area contributed by atoms with E-state index in [4.69, 9.17) is 15.2 Å². The van der Waals surface area contributed by atoms with Crippen LogP contribution < -0.4 is 10.5 Å². The minimum atomic E-state index is -0.271. The van der Waals surface area contributed by atoms with Crippen molar-refractivity contribution in [1.29, 1.82) is 0 Å². The third-order valence-corrected chi connectivity index (χ3v) is 2.94.